The molecule has 3 aromatic rings. The lowest BCUT2D eigenvalue weighted by Crippen LogP contribution is -2.44. The van der Waals surface area contributed by atoms with Crippen molar-refractivity contribution < 1.29 is 14.0 Å². The van der Waals surface area contributed by atoms with E-state index in [0.717, 1.165) is 57.7 Å². The van der Waals surface area contributed by atoms with Crippen LogP contribution in [0.3, 0.4) is 0 Å². The Kier molecular flexibility index (Phi) is 11.1. The van der Waals surface area contributed by atoms with Crippen molar-refractivity contribution >= 4 is 28.5 Å². The summed E-state index contributed by atoms with van der Waals surface area (Å²) in [6, 6.07) is 7.95. The van der Waals surface area contributed by atoms with Crippen molar-refractivity contribution in [3.63, 3.8) is 0 Å². The number of methoxy groups -OCH3 is 1. The van der Waals surface area contributed by atoms with Gasteiger partial charge >= 0.3 is 0 Å². The molecule has 0 spiro atoms. The summed E-state index contributed by atoms with van der Waals surface area (Å²) in [5, 5.41) is 3.02. The number of benzene rings is 1. The van der Waals surface area contributed by atoms with Gasteiger partial charge < -0.3 is 13.8 Å². The van der Waals surface area contributed by atoms with E-state index in [4.69, 9.17) is 14.7 Å². The number of nitrogens with zero attached hydrogens (tertiary/aromatic N) is 4. The molecule has 224 valence electrons. The van der Waals surface area contributed by atoms with E-state index in [2.05, 4.69) is 52.3 Å². The molecule has 1 saturated carbocycles. The van der Waals surface area contributed by atoms with Gasteiger partial charge in [0.15, 0.2) is 0 Å². The number of nitrogens with one attached hydrogen (secondary N) is 1. The van der Waals surface area contributed by atoms with Gasteiger partial charge in [0.2, 0.25) is 5.95 Å². The number of hydrogen-bond acceptors (Lipinski definition) is 4. The second kappa shape index (κ2) is 14.1. The number of carbonyl (C=O) groups excluding carboxylic acids is 1. The number of ether oxygens (including phenoxy) is 1. The van der Waals surface area contributed by atoms with Gasteiger partial charge in [-0.25, -0.2) is 4.98 Å². The highest BCUT2D eigenvalue weighted by Crippen LogP contribution is 2.30. The van der Waals surface area contributed by atoms with E-state index in [1.165, 1.54) is 43.2 Å². The molecule has 2 aliphatic rings. The van der Waals surface area contributed by atoms with E-state index >= 15 is 0 Å². The average molecular weight is 563 g/mol. The van der Waals surface area contributed by atoms with Crippen molar-refractivity contribution in [2.24, 2.45) is 7.05 Å². The van der Waals surface area contributed by atoms with Crippen LogP contribution in [0.1, 0.15) is 105 Å². The molecule has 0 radical (unpaired) electrons. The van der Waals surface area contributed by atoms with Crippen molar-refractivity contribution in [3.05, 3.63) is 58.1 Å². The summed E-state index contributed by atoms with van der Waals surface area (Å²) in [4.78, 5) is 22.8. The number of pyridine rings is 1. The molecule has 41 heavy (non-hydrogen) atoms. The molecule has 7 heteroatoms. The Morgan fingerprint density at radius 3 is 2.22 bits per heavy atom. The zero-order chi connectivity index (χ0) is 30.3. The maximum absolute atomic E-state index is 13.3. The van der Waals surface area contributed by atoms with Crippen LogP contribution in [0.4, 0.5) is 5.95 Å². The third-order valence-corrected chi connectivity index (χ3v) is 8.00. The monoisotopic (exact) mass is 562 g/mol. The fourth-order valence-electron chi connectivity index (χ4n) is 5.70. The summed E-state index contributed by atoms with van der Waals surface area (Å²) in [5.41, 5.74) is 7.61. The minimum atomic E-state index is -0.199. The molecule has 7 nitrogen and oxygen atoms in total. The maximum Gasteiger partial charge on any atom is 0.258 e. The largest absolute Gasteiger partial charge is 0.500 e. The van der Waals surface area contributed by atoms with E-state index in [0.29, 0.717) is 17.4 Å². The number of aryl methyl sites for hydroxylation is 3. The van der Waals surface area contributed by atoms with Gasteiger partial charge in [-0.05, 0) is 55.2 Å². The SMILES string of the molecule is C1CCCC1.CC.COC1=C(c2cc(C(=O)Nc3nc4cc(C)c(C(C)C)cc4n3C)cc(C)n2)C[N+](C)(C)CC1. The Morgan fingerprint density at radius 1 is 1.00 bits per heavy atom. The number of anilines is 1. The minimum absolute atomic E-state index is 0.199. The number of likely N-dealkylation sites (N-methyl/N-ethyl adjacent to an activating group) is 1. The number of hydrogen-bond donors (Lipinski definition) is 1. The van der Waals surface area contributed by atoms with Gasteiger partial charge in [-0.1, -0.05) is 59.8 Å². The van der Waals surface area contributed by atoms with Crippen LogP contribution < -0.4 is 5.32 Å². The van der Waals surface area contributed by atoms with E-state index in [1.807, 2.05) is 44.5 Å². The molecule has 0 unspecified atom stereocenters. The van der Waals surface area contributed by atoms with Crippen molar-refractivity contribution in [1.29, 1.82) is 0 Å². The zero-order valence-electron chi connectivity index (χ0n) is 27.1. The van der Waals surface area contributed by atoms with E-state index in [-0.39, 0.29) is 5.91 Å². The summed E-state index contributed by atoms with van der Waals surface area (Å²) in [5.74, 6) is 1.71. The second-order valence-corrected chi connectivity index (χ2v) is 12.1. The van der Waals surface area contributed by atoms with Crippen LogP contribution >= 0.6 is 0 Å². The second-order valence-electron chi connectivity index (χ2n) is 12.1. The Bertz CT molecular complexity index is 1370. The van der Waals surface area contributed by atoms with Gasteiger partial charge in [0.1, 0.15) is 12.3 Å². The molecular formula is C34H52N5O2+. The summed E-state index contributed by atoms with van der Waals surface area (Å²) in [6.45, 7) is 14.2. The number of imidazole rings is 1. The standard InChI is InChI=1S/C27H35N5O2.C5H10.C2H6/c1-16(2)20-14-24-23(11-17(20)3)29-27(31(24)5)30-26(33)19-12-18(4)28-22(13-19)21-15-32(6,7)10-9-25(21)34-8;1-2-4-5-3-1;1-2/h11-14,16H,9-10,15H2,1-8H3;1-5H2;1-2H3/p+1. The normalized spacial score (nSPS) is 16.2. The smallest absolute Gasteiger partial charge is 0.258 e. The first-order chi connectivity index (χ1) is 19.5. The van der Waals surface area contributed by atoms with Crippen LogP contribution in [-0.4, -0.2) is 59.2 Å². The summed E-state index contributed by atoms with van der Waals surface area (Å²) < 4.78 is 8.49. The fourth-order valence-corrected chi connectivity index (χ4v) is 5.70. The Hall–Kier alpha value is -3.19. The van der Waals surface area contributed by atoms with Gasteiger partial charge in [-0.2, -0.15) is 0 Å². The number of amides is 1. The van der Waals surface area contributed by atoms with Crippen LogP contribution in [0.15, 0.2) is 30.0 Å². The Labute approximate surface area is 247 Å². The van der Waals surface area contributed by atoms with Crippen LogP contribution in [0, 0.1) is 13.8 Å². The maximum atomic E-state index is 13.3. The quantitative estimate of drug-likeness (QED) is 0.323. The molecule has 0 atom stereocenters. The van der Waals surface area contributed by atoms with Crippen LogP contribution in [0.2, 0.25) is 0 Å². The van der Waals surface area contributed by atoms with Crippen LogP contribution in [0.5, 0.6) is 0 Å². The molecule has 1 aliphatic carbocycles. The molecule has 0 saturated heterocycles. The van der Waals surface area contributed by atoms with Gasteiger partial charge in [-0.3, -0.25) is 15.1 Å². The van der Waals surface area contributed by atoms with Gasteiger partial charge in [0.25, 0.3) is 5.91 Å². The van der Waals surface area contributed by atoms with Crippen molar-refractivity contribution in [2.75, 3.05) is 39.6 Å². The molecule has 1 aromatic carbocycles. The molecule has 5 rings (SSSR count). The summed E-state index contributed by atoms with van der Waals surface area (Å²) in [7, 11) is 8.05. The van der Waals surface area contributed by atoms with Gasteiger partial charge in [-0.15, -0.1) is 0 Å². The lowest BCUT2D eigenvalue weighted by Gasteiger charge is -2.35. The van der Waals surface area contributed by atoms with Crippen molar-refractivity contribution in [1.82, 2.24) is 14.5 Å². The Morgan fingerprint density at radius 2 is 1.63 bits per heavy atom. The third kappa shape index (κ3) is 7.97. The van der Waals surface area contributed by atoms with E-state index in [1.54, 1.807) is 7.11 Å². The third-order valence-electron chi connectivity index (χ3n) is 8.00. The van der Waals surface area contributed by atoms with Gasteiger partial charge in [0, 0.05) is 18.3 Å². The molecule has 1 N–H and O–H groups in total. The minimum Gasteiger partial charge on any atom is -0.500 e. The number of rotatable bonds is 5. The number of aromatic nitrogens is 3. The predicted molar refractivity (Wildman–Crippen MR) is 171 cm³/mol. The molecule has 0 bridgehead atoms. The first-order valence-corrected chi connectivity index (χ1v) is 15.3. The lowest BCUT2D eigenvalue weighted by molar-refractivity contribution is -0.884. The molecule has 1 aliphatic heterocycles. The first kappa shape index (κ1) is 32.3. The topological polar surface area (TPSA) is 69.0 Å². The number of fused-ring (bicyclic) bond motifs is 1. The molecular weight excluding hydrogens is 510 g/mol. The highest BCUT2D eigenvalue weighted by molar-refractivity contribution is 6.04. The predicted octanol–water partition coefficient (Wildman–Crippen LogP) is 7.78. The molecule has 1 amide bonds. The molecule has 2 aromatic heterocycles. The summed E-state index contributed by atoms with van der Waals surface area (Å²) >= 11 is 0. The molecule has 1 fully saturated rings. The zero-order valence-corrected chi connectivity index (χ0v) is 27.1. The number of quaternary nitrogens is 1. The highest BCUT2D eigenvalue weighted by Gasteiger charge is 2.29. The average Bonchev–Trinajstić information content (AvgIpc) is 3.61. The van der Waals surface area contributed by atoms with E-state index < -0.39 is 0 Å². The van der Waals surface area contributed by atoms with Crippen LogP contribution in [-0.2, 0) is 11.8 Å². The number of carbonyl (C=O) groups is 1. The highest BCUT2D eigenvalue weighted by atomic mass is 16.5. The van der Waals surface area contributed by atoms with E-state index in [9.17, 15) is 4.79 Å². The molecule has 3 heterocycles. The van der Waals surface area contributed by atoms with Crippen molar-refractivity contribution in [3.8, 4) is 0 Å². The fraction of sp³-hybridized carbons (Fsp3) is 0.559. The van der Waals surface area contributed by atoms with Gasteiger partial charge in [0.05, 0.1) is 56.5 Å². The summed E-state index contributed by atoms with van der Waals surface area (Å²) in [6.07, 6.45) is 8.35. The first-order valence-electron chi connectivity index (χ1n) is 15.3. The lowest BCUT2D eigenvalue weighted by atomic mass is 9.97. The van der Waals surface area contributed by atoms with Crippen LogP contribution in [0.25, 0.3) is 16.6 Å². The Balaban J connectivity index is 0.000000586. The van der Waals surface area contributed by atoms with Crippen molar-refractivity contribution in [2.45, 2.75) is 86.0 Å².